The van der Waals surface area contributed by atoms with Crippen LogP contribution in [0.1, 0.15) is 66.3 Å². The Kier molecular flexibility index (Phi) is 7.73. The van der Waals surface area contributed by atoms with Crippen LogP contribution in [0.3, 0.4) is 0 Å². The quantitative estimate of drug-likeness (QED) is 0.289. The van der Waals surface area contributed by atoms with Crippen molar-refractivity contribution in [3.63, 3.8) is 0 Å². The first kappa shape index (κ1) is 25.9. The van der Waals surface area contributed by atoms with Crippen molar-refractivity contribution >= 4 is 18.2 Å². The van der Waals surface area contributed by atoms with Crippen molar-refractivity contribution in [2.75, 3.05) is 12.0 Å². The number of halogens is 2. The number of methoxy groups -OCH3 is 1. The van der Waals surface area contributed by atoms with E-state index in [0.717, 1.165) is 61.1 Å². The lowest BCUT2D eigenvalue weighted by molar-refractivity contribution is 0.0144. The molecule has 1 aromatic carbocycles. The predicted octanol–water partition coefficient (Wildman–Crippen LogP) is 5.56. The number of carbonyl (C=O) groups is 2. The number of benzene rings is 1. The van der Waals surface area contributed by atoms with Crippen LogP contribution in [0.5, 0.6) is 0 Å². The minimum absolute atomic E-state index is 0.156. The van der Waals surface area contributed by atoms with Crippen LogP contribution in [-0.2, 0) is 16.1 Å². The highest BCUT2D eigenvalue weighted by molar-refractivity contribution is 5.87. The number of hydrogen-bond donors (Lipinski definition) is 0. The molecule has 38 heavy (non-hydrogen) atoms. The highest BCUT2D eigenvalue weighted by Gasteiger charge is 2.43. The van der Waals surface area contributed by atoms with Gasteiger partial charge in [-0.2, -0.15) is 0 Å². The number of anilines is 1. The van der Waals surface area contributed by atoms with Crippen LogP contribution in [0.25, 0.3) is 11.3 Å². The summed E-state index contributed by atoms with van der Waals surface area (Å²) < 4.78 is 36.5. The summed E-state index contributed by atoms with van der Waals surface area (Å²) in [5, 5.41) is 4.42. The first-order chi connectivity index (χ1) is 18.4. The van der Waals surface area contributed by atoms with Gasteiger partial charge in [-0.05, 0) is 44.6 Å². The summed E-state index contributed by atoms with van der Waals surface area (Å²) in [6.07, 6.45) is 5.24. The van der Waals surface area contributed by atoms with Gasteiger partial charge in [-0.25, -0.2) is 19.6 Å². The van der Waals surface area contributed by atoms with Crippen molar-refractivity contribution < 1.29 is 32.4 Å². The Morgan fingerprint density at radius 3 is 2.37 bits per heavy atom. The molecule has 2 aliphatic heterocycles. The van der Waals surface area contributed by atoms with Crippen LogP contribution < -0.4 is 4.90 Å². The Hall–Kier alpha value is -3.73. The van der Waals surface area contributed by atoms with Gasteiger partial charge in [0.05, 0.1) is 19.8 Å². The van der Waals surface area contributed by atoms with Gasteiger partial charge in [0.15, 0.2) is 5.69 Å². The summed E-state index contributed by atoms with van der Waals surface area (Å²) in [5.41, 5.74) is 3.35. The van der Waals surface area contributed by atoms with Gasteiger partial charge < -0.3 is 18.9 Å². The van der Waals surface area contributed by atoms with Crippen LogP contribution in [0.4, 0.5) is 19.5 Å². The number of hydrogen-bond acceptors (Lipinski definition) is 9. The van der Waals surface area contributed by atoms with E-state index in [-0.39, 0.29) is 6.10 Å². The van der Waals surface area contributed by atoms with E-state index in [1.807, 2.05) is 18.2 Å². The van der Waals surface area contributed by atoms with Crippen molar-refractivity contribution in [3.8, 4) is 11.3 Å². The number of esters is 1. The predicted molar refractivity (Wildman–Crippen MR) is 132 cm³/mol. The number of nitrogens with zero attached hydrogens (tertiary/aromatic N) is 4. The number of carbonyl (C=O) groups excluding carboxylic acids is 2. The van der Waals surface area contributed by atoms with Gasteiger partial charge in [-0.3, -0.25) is 0 Å². The van der Waals surface area contributed by atoms with Gasteiger partial charge in [0.2, 0.25) is 5.95 Å². The molecule has 3 aromatic rings. The number of piperidine rings is 1. The van der Waals surface area contributed by atoms with Gasteiger partial charge in [0.1, 0.15) is 11.5 Å². The standard InChI is InChI=1S/C26H28N4O4.CF2O/c1-32-25(31)22-11-12-27-26(28-22)30-18-9-10-19(30)14-20(13-18)33-15-21-23(16-5-3-2-4-6-16)29-34-24(21)17-7-8-17;2-1(3)4/h2-6,11-12,17-20H,7-10,13-15H2,1H3;/t18-,19?,20?;/m0./s1. The third-order valence-electron chi connectivity index (χ3n) is 7.24. The molecule has 2 unspecified atom stereocenters. The Bertz CT molecular complexity index is 1270. The molecular formula is C27H28F2N4O5. The number of ether oxygens (including phenoxy) is 2. The average molecular weight is 527 g/mol. The second-order valence-corrected chi connectivity index (χ2v) is 9.67. The third kappa shape index (κ3) is 5.72. The van der Waals surface area contributed by atoms with Crippen LogP contribution >= 0.6 is 0 Å². The lowest BCUT2D eigenvalue weighted by Gasteiger charge is -2.38. The topological polar surface area (TPSA) is 108 Å². The zero-order valence-electron chi connectivity index (χ0n) is 20.9. The normalized spacial score (nSPS) is 22.0. The van der Waals surface area contributed by atoms with E-state index in [4.69, 9.17) is 18.8 Å². The zero-order valence-corrected chi connectivity index (χ0v) is 20.9. The summed E-state index contributed by atoms with van der Waals surface area (Å²) in [6.45, 7) is 0.512. The minimum atomic E-state index is -2.83. The molecule has 0 radical (unpaired) electrons. The van der Waals surface area contributed by atoms with Crippen molar-refractivity contribution in [1.82, 2.24) is 15.1 Å². The van der Waals surface area contributed by atoms with E-state index in [0.29, 0.717) is 36.3 Å². The van der Waals surface area contributed by atoms with Crippen molar-refractivity contribution in [1.29, 1.82) is 0 Å². The maximum absolute atomic E-state index is 11.9. The molecule has 0 amide bonds. The summed E-state index contributed by atoms with van der Waals surface area (Å²) >= 11 is 0. The second kappa shape index (κ2) is 11.3. The second-order valence-electron chi connectivity index (χ2n) is 9.67. The van der Waals surface area contributed by atoms with E-state index in [1.165, 1.54) is 7.11 Å². The summed E-state index contributed by atoms with van der Waals surface area (Å²) in [4.78, 5) is 31.3. The Morgan fingerprint density at radius 2 is 1.74 bits per heavy atom. The van der Waals surface area contributed by atoms with E-state index in [9.17, 15) is 13.6 Å². The molecule has 11 heteroatoms. The molecule has 1 saturated carbocycles. The zero-order chi connectivity index (χ0) is 26.6. The van der Waals surface area contributed by atoms with Crippen LogP contribution in [0.15, 0.2) is 47.1 Å². The van der Waals surface area contributed by atoms with Crippen molar-refractivity contribution in [2.45, 2.75) is 69.2 Å². The van der Waals surface area contributed by atoms with Crippen LogP contribution in [-0.4, -0.2) is 52.7 Å². The van der Waals surface area contributed by atoms with Crippen molar-refractivity contribution in [2.24, 2.45) is 0 Å². The Balaban J connectivity index is 0.000000689. The third-order valence-corrected chi connectivity index (χ3v) is 7.24. The molecule has 3 aliphatic rings. The fraction of sp³-hybridized carbons (Fsp3) is 0.444. The molecule has 3 fully saturated rings. The largest absolute Gasteiger partial charge is 0.483 e. The van der Waals surface area contributed by atoms with E-state index < -0.39 is 12.3 Å². The highest BCUT2D eigenvalue weighted by atomic mass is 19.3. The SMILES string of the molecule is COC(=O)c1ccnc(N2C3CC[C@H]2CC(OCc2c(-c4ccccc4)noc2C2CC2)C3)n1.O=C(F)F. The molecule has 9 nitrogen and oxygen atoms in total. The van der Waals surface area contributed by atoms with Gasteiger partial charge in [0, 0.05) is 35.3 Å². The molecular weight excluding hydrogens is 498 g/mol. The van der Waals surface area contributed by atoms with Gasteiger partial charge >= 0.3 is 12.3 Å². The lowest BCUT2D eigenvalue weighted by atomic mass is 9.99. The maximum atomic E-state index is 11.9. The monoisotopic (exact) mass is 526 g/mol. The maximum Gasteiger partial charge on any atom is 0.483 e. The number of aromatic nitrogens is 3. The molecule has 2 aromatic heterocycles. The fourth-order valence-electron chi connectivity index (χ4n) is 5.43. The van der Waals surface area contributed by atoms with Crippen LogP contribution in [0.2, 0.25) is 0 Å². The van der Waals surface area contributed by atoms with E-state index in [1.54, 1.807) is 12.3 Å². The molecule has 200 valence electrons. The summed E-state index contributed by atoms with van der Waals surface area (Å²) in [5.74, 6) is 1.63. The highest BCUT2D eigenvalue weighted by Crippen LogP contribution is 2.45. The molecule has 2 bridgehead atoms. The Labute approximate surface area is 218 Å². The summed E-state index contributed by atoms with van der Waals surface area (Å²) in [6, 6.07) is 12.4. The number of rotatable bonds is 7. The average Bonchev–Trinajstić information content (AvgIpc) is 3.62. The van der Waals surface area contributed by atoms with Gasteiger partial charge in [-0.15, -0.1) is 8.78 Å². The fourth-order valence-corrected chi connectivity index (χ4v) is 5.43. The Morgan fingerprint density at radius 1 is 1.05 bits per heavy atom. The van der Waals surface area contributed by atoms with E-state index >= 15 is 0 Å². The van der Waals surface area contributed by atoms with Crippen molar-refractivity contribution in [3.05, 3.63) is 59.6 Å². The first-order valence-electron chi connectivity index (χ1n) is 12.6. The minimum Gasteiger partial charge on any atom is -0.464 e. The molecule has 2 saturated heterocycles. The summed E-state index contributed by atoms with van der Waals surface area (Å²) in [7, 11) is 1.37. The van der Waals surface area contributed by atoms with Gasteiger partial charge in [0.25, 0.3) is 0 Å². The molecule has 1 aliphatic carbocycles. The lowest BCUT2D eigenvalue weighted by Crippen LogP contribution is -2.46. The molecule has 0 spiro atoms. The van der Waals surface area contributed by atoms with E-state index in [2.05, 4.69) is 32.2 Å². The molecule has 0 N–H and O–H groups in total. The molecule has 3 atom stereocenters. The number of fused-ring (bicyclic) bond motifs is 2. The van der Waals surface area contributed by atoms with Gasteiger partial charge in [-0.1, -0.05) is 35.5 Å². The molecule has 6 rings (SSSR count). The first-order valence-corrected chi connectivity index (χ1v) is 12.6. The molecule has 4 heterocycles. The smallest absolute Gasteiger partial charge is 0.464 e. The van der Waals surface area contributed by atoms with Crippen LogP contribution in [0, 0.1) is 0 Å².